The molecule has 17 heavy (non-hydrogen) atoms. The summed E-state index contributed by atoms with van der Waals surface area (Å²) in [6.45, 7) is 7.30. The number of sulfonamides is 1. The normalized spacial score (nSPS) is 11.9. The summed E-state index contributed by atoms with van der Waals surface area (Å²) in [5.74, 6) is 0. The molecule has 0 saturated carbocycles. The maximum atomic E-state index is 11.9. The monoisotopic (exact) mass is 254 g/mol. The summed E-state index contributed by atoms with van der Waals surface area (Å²) in [5.41, 5.74) is 1.02. The Morgan fingerprint density at radius 2 is 1.71 bits per heavy atom. The van der Waals surface area contributed by atoms with Gasteiger partial charge in [-0.2, -0.15) is 8.42 Å². The zero-order valence-electron chi connectivity index (χ0n) is 10.4. The highest BCUT2D eigenvalue weighted by Crippen LogP contribution is 2.12. The number of nitrogens with zero attached hydrogens (tertiary/aromatic N) is 2. The molecule has 0 aliphatic heterocycles. The lowest BCUT2D eigenvalue weighted by Crippen LogP contribution is -2.21. The highest BCUT2D eigenvalue weighted by molar-refractivity contribution is 7.90. The largest absolute Gasteiger partial charge is 0.362 e. The lowest BCUT2D eigenvalue weighted by Gasteiger charge is -2.13. The lowest BCUT2D eigenvalue weighted by molar-refractivity contribution is 0.480. The van der Waals surface area contributed by atoms with E-state index in [4.69, 9.17) is 0 Å². The van der Waals surface area contributed by atoms with Crippen molar-refractivity contribution in [2.45, 2.75) is 25.7 Å². The van der Waals surface area contributed by atoms with Gasteiger partial charge >= 0.3 is 0 Å². The van der Waals surface area contributed by atoms with E-state index >= 15 is 0 Å². The van der Waals surface area contributed by atoms with Gasteiger partial charge in [0.2, 0.25) is 0 Å². The Balaban J connectivity index is 2.92. The van der Waals surface area contributed by atoms with E-state index in [0.29, 0.717) is 0 Å². The van der Waals surface area contributed by atoms with Crippen LogP contribution in [-0.4, -0.2) is 32.7 Å². The van der Waals surface area contributed by atoms with Crippen molar-refractivity contribution in [1.82, 2.24) is 4.90 Å². The van der Waals surface area contributed by atoms with Crippen LogP contribution in [0.3, 0.4) is 0 Å². The molecule has 0 fully saturated rings. The first-order valence-electron chi connectivity index (χ1n) is 5.60. The van der Waals surface area contributed by atoms with E-state index in [1.807, 2.05) is 25.7 Å². The van der Waals surface area contributed by atoms with Crippen molar-refractivity contribution in [1.29, 1.82) is 0 Å². The maximum absolute atomic E-state index is 11.9. The highest BCUT2D eigenvalue weighted by atomic mass is 32.2. The Labute approximate surface area is 103 Å². The standard InChI is InChI=1S/C12H18N2O2S/c1-4-14(5-2)10-13-17(15,16)12-8-6-11(3)7-9-12/h6-10H,4-5H2,1-3H3. The van der Waals surface area contributed by atoms with Gasteiger partial charge in [0.25, 0.3) is 10.0 Å². The van der Waals surface area contributed by atoms with E-state index in [2.05, 4.69) is 4.40 Å². The van der Waals surface area contributed by atoms with Gasteiger partial charge < -0.3 is 4.90 Å². The van der Waals surface area contributed by atoms with Gasteiger partial charge in [-0.1, -0.05) is 17.7 Å². The van der Waals surface area contributed by atoms with Crippen LogP contribution in [0.25, 0.3) is 0 Å². The van der Waals surface area contributed by atoms with Crippen molar-refractivity contribution >= 4 is 16.4 Å². The third-order valence-electron chi connectivity index (χ3n) is 2.48. The van der Waals surface area contributed by atoms with Crippen molar-refractivity contribution in [3.05, 3.63) is 29.8 Å². The molecule has 0 spiro atoms. The molecule has 0 aromatic heterocycles. The number of rotatable bonds is 5. The number of hydrogen-bond acceptors (Lipinski definition) is 2. The van der Waals surface area contributed by atoms with E-state index < -0.39 is 10.0 Å². The molecule has 1 aromatic rings. The van der Waals surface area contributed by atoms with Crippen LogP contribution in [0.1, 0.15) is 19.4 Å². The van der Waals surface area contributed by atoms with Gasteiger partial charge in [0.05, 0.1) is 4.90 Å². The predicted molar refractivity (Wildman–Crippen MR) is 69.8 cm³/mol. The first-order chi connectivity index (χ1) is 7.99. The van der Waals surface area contributed by atoms with Crippen LogP contribution in [0.15, 0.2) is 33.6 Å². The summed E-state index contributed by atoms with van der Waals surface area (Å²) in [7, 11) is -3.56. The van der Waals surface area contributed by atoms with Gasteiger partial charge in [0.15, 0.2) is 0 Å². The molecule has 94 valence electrons. The molecule has 1 rings (SSSR count). The second-order valence-electron chi connectivity index (χ2n) is 3.73. The van der Waals surface area contributed by atoms with E-state index in [0.717, 1.165) is 18.7 Å². The van der Waals surface area contributed by atoms with Gasteiger partial charge in [-0.05, 0) is 32.9 Å². The van der Waals surface area contributed by atoms with Crippen molar-refractivity contribution in [2.75, 3.05) is 13.1 Å². The topological polar surface area (TPSA) is 49.7 Å². The van der Waals surface area contributed by atoms with Gasteiger partial charge in [0.1, 0.15) is 6.34 Å². The molecule has 0 bridgehead atoms. The van der Waals surface area contributed by atoms with Crippen LogP contribution in [-0.2, 0) is 10.0 Å². The lowest BCUT2D eigenvalue weighted by atomic mass is 10.2. The summed E-state index contributed by atoms with van der Waals surface area (Å²) >= 11 is 0. The molecule has 0 aliphatic carbocycles. The van der Waals surface area contributed by atoms with E-state index in [1.54, 1.807) is 24.3 Å². The molecule has 0 radical (unpaired) electrons. The second kappa shape index (κ2) is 5.82. The fraction of sp³-hybridized carbons (Fsp3) is 0.417. The van der Waals surface area contributed by atoms with Gasteiger partial charge in [-0.15, -0.1) is 4.40 Å². The zero-order valence-corrected chi connectivity index (χ0v) is 11.2. The summed E-state index contributed by atoms with van der Waals surface area (Å²) in [4.78, 5) is 2.05. The number of aryl methyl sites for hydroxylation is 1. The Morgan fingerprint density at radius 3 is 2.18 bits per heavy atom. The molecule has 0 saturated heterocycles. The molecule has 0 amide bonds. The third kappa shape index (κ3) is 3.85. The maximum Gasteiger partial charge on any atom is 0.283 e. The smallest absolute Gasteiger partial charge is 0.283 e. The van der Waals surface area contributed by atoms with Gasteiger partial charge in [-0.25, -0.2) is 0 Å². The van der Waals surface area contributed by atoms with Crippen LogP contribution in [0.5, 0.6) is 0 Å². The van der Waals surface area contributed by atoms with Crippen LogP contribution in [0, 0.1) is 6.92 Å². The molecule has 5 heteroatoms. The van der Waals surface area contributed by atoms with Crippen molar-refractivity contribution in [3.63, 3.8) is 0 Å². The molecular weight excluding hydrogens is 236 g/mol. The molecule has 0 unspecified atom stereocenters. The molecule has 0 atom stereocenters. The molecule has 1 aromatic carbocycles. The Hall–Kier alpha value is -1.36. The average Bonchev–Trinajstić information content (AvgIpc) is 2.31. The summed E-state index contributed by atoms with van der Waals surface area (Å²) < 4.78 is 27.4. The first kappa shape index (κ1) is 13.7. The van der Waals surface area contributed by atoms with E-state index in [9.17, 15) is 8.42 Å². The van der Waals surface area contributed by atoms with Crippen molar-refractivity contribution in [2.24, 2.45) is 4.40 Å². The Kier molecular flexibility index (Phi) is 4.69. The number of hydrogen-bond donors (Lipinski definition) is 0. The first-order valence-corrected chi connectivity index (χ1v) is 7.04. The molecule has 0 heterocycles. The summed E-state index contributed by atoms with van der Waals surface area (Å²) in [5, 5.41) is 0. The van der Waals surface area contributed by atoms with Crippen molar-refractivity contribution < 1.29 is 8.42 Å². The van der Waals surface area contributed by atoms with Crippen LogP contribution in [0.4, 0.5) is 0 Å². The second-order valence-corrected chi connectivity index (χ2v) is 5.36. The molecule has 4 nitrogen and oxygen atoms in total. The van der Waals surface area contributed by atoms with E-state index in [-0.39, 0.29) is 4.90 Å². The minimum Gasteiger partial charge on any atom is -0.362 e. The predicted octanol–water partition coefficient (Wildman–Crippen LogP) is 2.05. The third-order valence-corrected chi connectivity index (χ3v) is 3.72. The van der Waals surface area contributed by atoms with Crippen molar-refractivity contribution in [3.8, 4) is 0 Å². The SMILES string of the molecule is CCN(C=NS(=O)(=O)c1ccc(C)cc1)CC. The van der Waals surface area contributed by atoms with Gasteiger partial charge in [0, 0.05) is 13.1 Å². The minimum atomic E-state index is -3.56. The highest BCUT2D eigenvalue weighted by Gasteiger charge is 2.11. The van der Waals surface area contributed by atoms with E-state index in [1.165, 1.54) is 6.34 Å². The van der Waals surface area contributed by atoms with Crippen LogP contribution >= 0.6 is 0 Å². The molecule has 0 aliphatic rings. The summed E-state index contributed by atoms with van der Waals surface area (Å²) in [6, 6.07) is 6.67. The minimum absolute atomic E-state index is 0.228. The Bertz CT molecular complexity index is 474. The fourth-order valence-corrected chi connectivity index (χ4v) is 2.15. The van der Waals surface area contributed by atoms with Gasteiger partial charge in [-0.3, -0.25) is 0 Å². The number of benzene rings is 1. The van der Waals surface area contributed by atoms with Crippen LogP contribution in [0.2, 0.25) is 0 Å². The quantitative estimate of drug-likeness (QED) is 0.597. The average molecular weight is 254 g/mol. The summed E-state index contributed by atoms with van der Waals surface area (Å²) in [6.07, 6.45) is 1.38. The fourth-order valence-electron chi connectivity index (χ4n) is 1.29. The Morgan fingerprint density at radius 1 is 1.18 bits per heavy atom. The van der Waals surface area contributed by atoms with Crippen LogP contribution < -0.4 is 0 Å². The molecule has 0 N–H and O–H groups in total. The zero-order chi connectivity index (χ0) is 12.9. The molecular formula is C12H18N2O2S.